The summed E-state index contributed by atoms with van der Waals surface area (Å²) in [4.78, 5) is 36.3. The van der Waals surface area contributed by atoms with E-state index in [4.69, 9.17) is 9.47 Å². The van der Waals surface area contributed by atoms with Gasteiger partial charge in [0.2, 0.25) is 0 Å². The van der Waals surface area contributed by atoms with Crippen LogP contribution in [0.5, 0.6) is 0 Å². The van der Waals surface area contributed by atoms with Crippen molar-refractivity contribution in [2.75, 3.05) is 0 Å². The van der Waals surface area contributed by atoms with Gasteiger partial charge in [0.15, 0.2) is 5.78 Å². The molecule has 1 rings (SSSR count). The maximum Gasteiger partial charge on any atom is 0.408 e. The zero-order chi connectivity index (χ0) is 19.7. The highest BCUT2D eigenvalue weighted by molar-refractivity contribution is 5.99. The highest BCUT2D eigenvalue weighted by Gasteiger charge is 2.26. The molecule has 144 valence electrons. The van der Waals surface area contributed by atoms with Crippen LogP contribution in [0.15, 0.2) is 30.3 Å². The molecule has 1 aromatic carbocycles. The first-order valence-corrected chi connectivity index (χ1v) is 8.78. The van der Waals surface area contributed by atoms with Crippen molar-refractivity contribution in [1.82, 2.24) is 5.32 Å². The molecule has 0 saturated heterocycles. The molecule has 0 heterocycles. The Morgan fingerprint density at radius 3 is 2.23 bits per heavy atom. The second-order valence-corrected chi connectivity index (χ2v) is 7.62. The number of amides is 1. The summed E-state index contributed by atoms with van der Waals surface area (Å²) in [6, 6.07) is 8.47. The van der Waals surface area contributed by atoms with Crippen molar-refractivity contribution in [1.29, 1.82) is 0 Å². The molecule has 0 fully saturated rings. The fourth-order valence-corrected chi connectivity index (χ4v) is 2.29. The number of esters is 1. The molecule has 0 aromatic heterocycles. The largest absolute Gasteiger partial charge is 0.460 e. The molecule has 6 nitrogen and oxygen atoms in total. The Labute approximate surface area is 155 Å². The molecule has 0 unspecified atom stereocenters. The number of hydrogen-bond donors (Lipinski definition) is 1. The number of ether oxygens (including phenoxy) is 2. The number of hydrogen-bond acceptors (Lipinski definition) is 5. The summed E-state index contributed by atoms with van der Waals surface area (Å²) in [5, 5.41) is 2.57. The van der Waals surface area contributed by atoms with Crippen molar-refractivity contribution < 1.29 is 23.9 Å². The van der Waals surface area contributed by atoms with Crippen LogP contribution >= 0.6 is 0 Å². The van der Waals surface area contributed by atoms with Crippen LogP contribution in [-0.2, 0) is 25.7 Å². The topological polar surface area (TPSA) is 81.7 Å². The zero-order valence-electron chi connectivity index (χ0n) is 16.2. The molecular formula is C20H29NO5. The zero-order valence-corrected chi connectivity index (χ0v) is 16.2. The van der Waals surface area contributed by atoms with Crippen molar-refractivity contribution in [3.8, 4) is 0 Å². The van der Waals surface area contributed by atoms with E-state index >= 15 is 0 Å². The summed E-state index contributed by atoms with van der Waals surface area (Å²) in [6.07, 6.45) is -0.646. The minimum atomic E-state index is -0.786. The van der Waals surface area contributed by atoms with Crippen molar-refractivity contribution in [3.05, 3.63) is 35.9 Å². The van der Waals surface area contributed by atoms with Gasteiger partial charge in [-0.25, -0.2) is 4.79 Å². The third kappa shape index (κ3) is 9.20. The van der Waals surface area contributed by atoms with Gasteiger partial charge in [0.1, 0.15) is 18.6 Å². The van der Waals surface area contributed by atoms with Crippen molar-refractivity contribution >= 4 is 17.8 Å². The van der Waals surface area contributed by atoms with E-state index in [2.05, 4.69) is 5.32 Å². The van der Waals surface area contributed by atoms with Gasteiger partial charge in [0.05, 0.1) is 6.04 Å². The molecule has 0 aliphatic heterocycles. The molecule has 0 spiro atoms. The van der Waals surface area contributed by atoms with Crippen molar-refractivity contribution in [3.63, 3.8) is 0 Å². The molecule has 1 amide bonds. The summed E-state index contributed by atoms with van der Waals surface area (Å²) < 4.78 is 10.3. The number of rotatable bonds is 8. The van der Waals surface area contributed by atoms with E-state index in [0.29, 0.717) is 6.42 Å². The van der Waals surface area contributed by atoms with Crippen LogP contribution in [0.1, 0.15) is 53.0 Å². The SMILES string of the molecule is CC(C)C[C@@H](NC(=O)OCc1ccccc1)C(=O)CC(=O)OC(C)(C)C. The van der Waals surface area contributed by atoms with Gasteiger partial charge in [0.25, 0.3) is 0 Å². The number of alkyl carbamates (subject to hydrolysis) is 1. The third-order valence-electron chi connectivity index (χ3n) is 3.34. The molecule has 0 aliphatic carbocycles. The second kappa shape index (κ2) is 9.94. The van der Waals surface area contributed by atoms with Gasteiger partial charge < -0.3 is 14.8 Å². The number of carbonyl (C=O) groups is 3. The first-order valence-electron chi connectivity index (χ1n) is 8.78. The minimum Gasteiger partial charge on any atom is -0.460 e. The van der Waals surface area contributed by atoms with Crippen LogP contribution in [0.25, 0.3) is 0 Å². The van der Waals surface area contributed by atoms with Gasteiger partial charge in [0, 0.05) is 0 Å². The van der Waals surface area contributed by atoms with E-state index in [1.807, 2.05) is 44.2 Å². The van der Waals surface area contributed by atoms with E-state index < -0.39 is 23.7 Å². The maximum atomic E-state index is 12.4. The standard InChI is InChI=1S/C20H29NO5/c1-14(2)11-16(17(22)12-18(23)26-20(3,4)5)21-19(24)25-13-15-9-7-6-8-10-15/h6-10,14,16H,11-13H2,1-5H3,(H,21,24)/t16-/m1/s1. The first-order chi connectivity index (χ1) is 12.1. The number of carbonyl (C=O) groups excluding carboxylic acids is 3. The maximum absolute atomic E-state index is 12.4. The summed E-state index contributed by atoms with van der Waals surface area (Å²) in [7, 11) is 0. The van der Waals surface area contributed by atoms with Gasteiger partial charge in [-0.3, -0.25) is 9.59 Å². The van der Waals surface area contributed by atoms with E-state index in [-0.39, 0.29) is 24.7 Å². The van der Waals surface area contributed by atoms with E-state index in [1.54, 1.807) is 20.8 Å². The molecule has 1 N–H and O–H groups in total. The highest BCUT2D eigenvalue weighted by Crippen LogP contribution is 2.12. The Balaban J connectivity index is 2.60. The predicted octanol–water partition coefficient (Wildman–Crippen LogP) is 3.63. The Bertz CT molecular complexity index is 604. The predicted molar refractivity (Wildman–Crippen MR) is 98.5 cm³/mol. The fraction of sp³-hybridized carbons (Fsp3) is 0.550. The molecule has 26 heavy (non-hydrogen) atoms. The lowest BCUT2D eigenvalue weighted by molar-refractivity contribution is -0.156. The molecule has 6 heteroatoms. The average molecular weight is 363 g/mol. The molecule has 1 aromatic rings. The highest BCUT2D eigenvalue weighted by atomic mass is 16.6. The van der Waals surface area contributed by atoms with Gasteiger partial charge in [-0.15, -0.1) is 0 Å². The molecule has 1 atom stereocenters. The minimum absolute atomic E-state index is 0.112. The average Bonchev–Trinajstić information content (AvgIpc) is 2.51. The molecule has 0 bridgehead atoms. The van der Waals surface area contributed by atoms with Gasteiger partial charge in [-0.05, 0) is 38.7 Å². The number of nitrogens with one attached hydrogen (secondary N) is 1. The van der Waals surface area contributed by atoms with E-state index in [9.17, 15) is 14.4 Å². The quantitative estimate of drug-likeness (QED) is 0.563. The number of ketones is 1. The van der Waals surface area contributed by atoms with Crippen LogP contribution < -0.4 is 5.32 Å². The summed E-state index contributed by atoms with van der Waals surface area (Å²) in [5.74, 6) is -0.822. The fourth-order valence-electron chi connectivity index (χ4n) is 2.29. The third-order valence-corrected chi connectivity index (χ3v) is 3.34. The van der Waals surface area contributed by atoms with Crippen LogP contribution in [-0.4, -0.2) is 29.5 Å². The van der Waals surface area contributed by atoms with Crippen LogP contribution in [0.2, 0.25) is 0 Å². The molecule has 0 radical (unpaired) electrons. The van der Waals surface area contributed by atoms with Gasteiger partial charge in [-0.2, -0.15) is 0 Å². The van der Waals surface area contributed by atoms with Crippen LogP contribution in [0.3, 0.4) is 0 Å². The summed E-state index contributed by atoms with van der Waals surface area (Å²) in [5.41, 5.74) is 0.190. The number of benzene rings is 1. The number of Topliss-reactive ketones (excluding diaryl/α,β-unsaturated/α-hetero) is 1. The smallest absolute Gasteiger partial charge is 0.408 e. The first kappa shape index (κ1) is 21.7. The lowest BCUT2D eigenvalue weighted by Gasteiger charge is -2.22. The normalized spacial score (nSPS) is 12.4. The molecule has 0 aliphatic rings. The van der Waals surface area contributed by atoms with Crippen LogP contribution in [0.4, 0.5) is 4.79 Å². The summed E-state index contributed by atoms with van der Waals surface area (Å²) >= 11 is 0. The second-order valence-electron chi connectivity index (χ2n) is 7.62. The van der Waals surface area contributed by atoms with Gasteiger partial charge in [-0.1, -0.05) is 44.2 Å². The van der Waals surface area contributed by atoms with E-state index in [1.165, 1.54) is 0 Å². The Hall–Kier alpha value is -2.37. The monoisotopic (exact) mass is 363 g/mol. The molecule has 0 saturated carbocycles. The summed E-state index contributed by atoms with van der Waals surface area (Å²) in [6.45, 7) is 9.19. The lowest BCUT2D eigenvalue weighted by Crippen LogP contribution is -2.43. The Morgan fingerprint density at radius 2 is 1.69 bits per heavy atom. The van der Waals surface area contributed by atoms with Crippen LogP contribution in [0, 0.1) is 5.92 Å². The Morgan fingerprint density at radius 1 is 1.08 bits per heavy atom. The lowest BCUT2D eigenvalue weighted by atomic mass is 9.98. The van der Waals surface area contributed by atoms with Gasteiger partial charge >= 0.3 is 12.1 Å². The van der Waals surface area contributed by atoms with E-state index in [0.717, 1.165) is 5.56 Å². The molecular weight excluding hydrogens is 334 g/mol. The van der Waals surface area contributed by atoms with Crippen molar-refractivity contribution in [2.24, 2.45) is 5.92 Å². The van der Waals surface area contributed by atoms with Crippen molar-refractivity contribution in [2.45, 2.75) is 65.7 Å². The Kier molecular flexibility index (Phi) is 8.29.